The van der Waals surface area contributed by atoms with Crippen molar-refractivity contribution in [1.29, 1.82) is 0 Å². The Balaban J connectivity index is 1.56. The molecule has 0 N–H and O–H groups in total. The molecule has 194 valence electrons. The predicted octanol–water partition coefficient (Wildman–Crippen LogP) is 9.80. The molecule has 0 radical (unpaired) electrons. The van der Waals surface area contributed by atoms with Gasteiger partial charge in [-0.3, -0.25) is 0 Å². The SMILES string of the molecule is C(=C1c2ccccc2-c2ccccc21)=C(c1ccccc1)C1(C#Cc2ccccc2)c2ccccc2-c2ccccc21. The van der Waals surface area contributed by atoms with E-state index in [0.717, 1.165) is 22.3 Å². The van der Waals surface area contributed by atoms with Gasteiger partial charge in [-0.2, -0.15) is 0 Å². The predicted molar refractivity (Wildman–Crippen MR) is 174 cm³/mol. The molecule has 0 heterocycles. The summed E-state index contributed by atoms with van der Waals surface area (Å²) in [6, 6.07) is 55.9. The molecule has 42 heavy (non-hydrogen) atoms. The lowest BCUT2D eigenvalue weighted by atomic mass is 9.70. The standard InChI is InChI=1S/C42H26/c1-3-15-30(16-4-1)27-28-42(39-25-13-11-23-36(39)37-24-12-14-26-40(37)42)41(31-17-5-2-6-18-31)29-38-34-21-9-7-19-32(34)33-20-8-10-22-35(33)38/h1-26H. The Morgan fingerprint density at radius 2 is 0.833 bits per heavy atom. The smallest absolute Gasteiger partial charge is 0.105 e. The second-order valence-electron chi connectivity index (χ2n) is 10.8. The van der Waals surface area contributed by atoms with Gasteiger partial charge in [0.25, 0.3) is 0 Å². The van der Waals surface area contributed by atoms with E-state index in [1.54, 1.807) is 0 Å². The van der Waals surface area contributed by atoms with Crippen molar-refractivity contribution >= 4 is 11.1 Å². The zero-order chi connectivity index (χ0) is 27.9. The van der Waals surface area contributed by atoms with Gasteiger partial charge < -0.3 is 0 Å². The van der Waals surface area contributed by atoms with Crippen LogP contribution in [0.25, 0.3) is 33.4 Å². The average Bonchev–Trinajstić information content (AvgIpc) is 3.54. The van der Waals surface area contributed by atoms with Crippen LogP contribution in [0.2, 0.25) is 0 Å². The van der Waals surface area contributed by atoms with Crippen LogP contribution < -0.4 is 0 Å². The van der Waals surface area contributed by atoms with E-state index in [0.29, 0.717) is 0 Å². The van der Waals surface area contributed by atoms with Gasteiger partial charge in [0, 0.05) is 16.7 Å². The monoisotopic (exact) mass is 530 g/mol. The number of hydrogen-bond acceptors (Lipinski definition) is 0. The molecular weight excluding hydrogens is 504 g/mol. The third kappa shape index (κ3) is 3.66. The number of hydrogen-bond donors (Lipinski definition) is 0. The van der Waals surface area contributed by atoms with E-state index < -0.39 is 5.41 Å². The van der Waals surface area contributed by atoms with Crippen molar-refractivity contribution in [3.8, 4) is 34.1 Å². The summed E-state index contributed by atoms with van der Waals surface area (Å²) in [6.07, 6.45) is 0. The zero-order valence-electron chi connectivity index (χ0n) is 23.0. The molecule has 0 saturated heterocycles. The summed E-state index contributed by atoms with van der Waals surface area (Å²) >= 11 is 0. The van der Waals surface area contributed by atoms with Crippen LogP contribution in [0.4, 0.5) is 0 Å². The van der Waals surface area contributed by atoms with E-state index in [1.165, 1.54) is 44.5 Å². The number of benzene rings is 6. The first kappa shape index (κ1) is 24.2. The molecular formula is C42H26. The summed E-state index contributed by atoms with van der Waals surface area (Å²) in [5.41, 5.74) is 17.4. The lowest BCUT2D eigenvalue weighted by Crippen LogP contribution is -2.25. The molecule has 0 bridgehead atoms. The average molecular weight is 531 g/mol. The third-order valence-corrected chi connectivity index (χ3v) is 8.49. The summed E-state index contributed by atoms with van der Waals surface area (Å²) in [4.78, 5) is 0. The van der Waals surface area contributed by atoms with Crippen LogP contribution in [0.3, 0.4) is 0 Å². The minimum Gasteiger partial charge on any atom is -0.105 e. The topological polar surface area (TPSA) is 0 Å². The Kier molecular flexibility index (Phi) is 5.65. The van der Waals surface area contributed by atoms with Gasteiger partial charge in [0.15, 0.2) is 0 Å². The molecule has 0 atom stereocenters. The molecule has 0 unspecified atom stereocenters. The highest BCUT2D eigenvalue weighted by atomic mass is 14.4. The molecule has 6 aromatic rings. The van der Waals surface area contributed by atoms with Crippen molar-refractivity contribution in [1.82, 2.24) is 0 Å². The van der Waals surface area contributed by atoms with E-state index in [-0.39, 0.29) is 0 Å². The zero-order valence-corrected chi connectivity index (χ0v) is 23.0. The van der Waals surface area contributed by atoms with Crippen molar-refractivity contribution in [3.63, 3.8) is 0 Å². The first-order chi connectivity index (χ1) is 20.8. The Morgan fingerprint density at radius 1 is 0.405 bits per heavy atom. The molecule has 0 aliphatic heterocycles. The first-order valence-corrected chi connectivity index (χ1v) is 14.4. The van der Waals surface area contributed by atoms with Crippen molar-refractivity contribution < 1.29 is 0 Å². The first-order valence-electron chi connectivity index (χ1n) is 14.4. The highest BCUT2D eigenvalue weighted by molar-refractivity contribution is 6.04. The molecule has 0 saturated carbocycles. The highest BCUT2D eigenvalue weighted by Gasteiger charge is 2.46. The fourth-order valence-electron chi connectivity index (χ4n) is 6.65. The second-order valence-corrected chi connectivity index (χ2v) is 10.8. The fourth-order valence-corrected chi connectivity index (χ4v) is 6.65. The minimum atomic E-state index is -0.732. The van der Waals surface area contributed by atoms with E-state index in [4.69, 9.17) is 0 Å². The lowest BCUT2D eigenvalue weighted by Gasteiger charge is -2.29. The quantitative estimate of drug-likeness (QED) is 0.154. The molecule has 0 aromatic heterocycles. The van der Waals surface area contributed by atoms with Gasteiger partial charge in [-0.05, 0) is 62.2 Å². The van der Waals surface area contributed by atoms with Gasteiger partial charge in [0.05, 0.1) is 0 Å². The summed E-state index contributed by atoms with van der Waals surface area (Å²) < 4.78 is 0. The van der Waals surface area contributed by atoms with Crippen molar-refractivity contribution in [2.24, 2.45) is 0 Å². The molecule has 2 aliphatic carbocycles. The minimum absolute atomic E-state index is 0.732. The van der Waals surface area contributed by atoms with Crippen LogP contribution in [0, 0.1) is 11.8 Å². The highest BCUT2D eigenvalue weighted by Crippen LogP contribution is 2.55. The summed E-state index contributed by atoms with van der Waals surface area (Å²) in [5.74, 6) is 7.48. The molecule has 0 heteroatoms. The molecule has 8 rings (SSSR count). The van der Waals surface area contributed by atoms with Gasteiger partial charge in [-0.1, -0.05) is 157 Å². The Bertz CT molecular complexity index is 2020. The Labute approximate surface area is 247 Å². The van der Waals surface area contributed by atoms with Crippen molar-refractivity contribution in [2.75, 3.05) is 0 Å². The number of fused-ring (bicyclic) bond motifs is 6. The second kappa shape index (κ2) is 9.79. The van der Waals surface area contributed by atoms with Gasteiger partial charge >= 0.3 is 0 Å². The molecule has 2 aliphatic rings. The molecule has 6 aromatic carbocycles. The largest absolute Gasteiger partial charge is 0.115 e. The number of rotatable bonds is 2. The van der Waals surface area contributed by atoms with E-state index in [9.17, 15) is 0 Å². The van der Waals surface area contributed by atoms with Gasteiger partial charge in [0.1, 0.15) is 5.41 Å². The Hall–Kier alpha value is -5.60. The van der Waals surface area contributed by atoms with Crippen LogP contribution in [0.1, 0.15) is 33.4 Å². The van der Waals surface area contributed by atoms with Crippen LogP contribution in [-0.2, 0) is 5.41 Å². The summed E-state index contributed by atoms with van der Waals surface area (Å²) in [6.45, 7) is 0. The van der Waals surface area contributed by atoms with E-state index in [2.05, 4.69) is 169 Å². The maximum absolute atomic E-state index is 4.08. The molecule has 0 nitrogen and oxygen atoms in total. The molecule has 0 fully saturated rings. The van der Waals surface area contributed by atoms with Gasteiger partial charge in [-0.15, -0.1) is 5.73 Å². The maximum atomic E-state index is 4.08. The Morgan fingerprint density at radius 3 is 1.38 bits per heavy atom. The van der Waals surface area contributed by atoms with Crippen LogP contribution in [0.5, 0.6) is 0 Å². The van der Waals surface area contributed by atoms with Gasteiger partial charge in [0.2, 0.25) is 0 Å². The van der Waals surface area contributed by atoms with Crippen LogP contribution >= 0.6 is 0 Å². The lowest BCUT2D eigenvalue weighted by molar-refractivity contribution is 0.905. The molecule has 0 spiro atoms. The van der Waals surface area contributed by atoms with Gasteiger partial charge in [-0.25, -0.2) is 0 Å². The maximum Gasteiger partial charge on any atom is 0.115 e. The number of allylic oxidation sites excluding steroid dienone is 1. The summed E-state index contributed by atoms with van der Waals surface area (Å²) in [7, 11) is 0. The fraction of sp³-hybridized carbons (Fsp3) is 0.0238. The van der Waals surface area contributed by atoms with E-state index >= 15 is 0 Å². The molecule has 0 amide bonds. The van der Waals surface area contributed by atoms with Crippen LogP contribution in [-0.4, -0.2) is 0 Å². The normalized spacial score (nSPS) is 13.1. The van der Waals surface area contributed by atoms with Crippen molar-refractivity contribution in [2.45, 2.75) is 5.41 Å². The van der Waals surface area contributed by atoms with Crippen molar-refractivity contribution in [3.05, 3.63) is 197 Å². The van der Waals surface area contributed by atoms with E-state index in [1.807, 2.05) is 6.07 Å². The third-order valence-electron chi connectivity index (χ3n) is 8.49. The van der Waals surface area contributed by atoms with Crippen LogP contribution in [0.15, 0.2) is 163 Å². The summed E-state index contributed by atoms with van der Waals surface area (Å²) in [5, 5.41) is 0.